The Kier molecular flexibility index (Phi) is 6.98. The molecule has 0 aromatic heterocycles. The van der Waals surface area contributed by atoms with Crippen LogP contribution in [-0.4, -0.2) is 22.6 Å². The number of rotatable bonds is 1. The zero-order valence-electron chi connectivity index (χ0n) is 9.53. The van der Waals surface area contributed by atoms with Gasteiger partial charge in [-0.3, -0.25) is 5.26 Å². The normalized spacial score (nSPS) is 24.4. The molecule has 2 rings (SSSR count). The molecule has 90 valence electrons. The Morgan fingerprint density at radius 1 is 0.733 bits per heavy atom. The highest BCUT2D eigenvalue weighted by Crippen LogP contribution is 2.19. The largest absolute Gasteiger partial charge is 0.393 e. The molecule has 0 bridgehead atoms. The van der Waals surface area contributed by atoms with E-state index in [0.717, 1.165) is 25.7 Å². The van der Waals surface area contributed by atoms with Gasteiger partial charge < -0.3 is 5.11 Å². The third-order valence-corrected chi connectivity index (χ3v) is 3.28. The Balaban J connectivity index is 0.000000151. The van der Waals surface area contributed by atoms with Crippen LogP contribution in [0.1, 0.15) is 64.2 Å². The molecule has 2 saturated carbocycles. The van der Waals surface area contributed by atoms with E-state index in [2.05, 4.69) is 4.89 Å². The standard InChI is InChI=1S/C6H12O2.C6H12O/c7-8-6-4-2-1-3-5-6;7-6-4-2-1-3-5-6/h6-7H,1-5H2;6-7H,1-5H2. The van der Waals surface area contributed by atoms with E-state index in [1.165, 1.54) is 38.5 Å². The summed E-state index contributed by atoms with van der Waals surface area (Å²) in [6.07, 6.45) is 11.9. The second kappa shape index (κ2) is 8.08. The fraction of sp³-hybridized carbons (Fsp3) is 1.00. The lowest BCUT2D eigenvalue weighted by Gasteiger charge is -2.17. The van der Waals surface area contributed by atoms with Gasteiger partial charge in [0.05, 0.1) is 12.2 Å². The van der Waals surface area contributed by atoms with E-state index in [1.54, 1.807) is 0 Å². The van der Waals surface area contributed by atoms with Crippen LogP contribution < -0.4 is 0 Å². The van der Waals surface area contributed by atoms with Gasteiger partial charge in [0.15, 0.2) is 0 Å². The zero-order valence-corrected chi connectivity index (χ0v) is 9.53. The summed E-state index contributed by atoms with van der Waals surface area (Å²) in [6.45, 7) is 0. The Labute approximate surface area is 92.4 Å². The molecule has 0 saturated heterocycles. The Bertz CT molecular complexity index is 138. The minimum Gasteiger partial charge on any atom is -0.393 e. The van der Waals surface area contributed by atoms with Gasteiger partial charge in [-0.1, -0.05) is 38.5 Å². The van der Waals surface area contributed by atoms with Gasteiger partial charge in [0.1, 0.15) is 0 Å². The van der Waals surface area contributed by atoms with Crippen LogP contribution in [0.4, 0.5) is 0 Å². The Hall–Kier alpha value is -0.120. The highest BCUT2D eigenvalue weighted by Gasteiger charge is 2.12. The van der Waals surface area contributed by atoms with Gasteiger partial charge in [-0.15, -0.1) is 0 Å². The summed E-state index contributed by atoms with van der Waals surface area (Å²) in [5, 5.41) is 17.1. The van der Waals surface area contributed by atoms with E-state index in [9.17, 15) is 0 Å². The molecule has 0 aromatic rings. The molecular weight excluding hydrogens is 192 g/mol. The molecule has 2 fully saturated rings. The van der Waals surface area contributed by atoms with Crippen molar-refractivity contribution in [3.05, 3.63) is 0 Å². The maximum Gasteiger partial charge on any atom is 0.0927 e. The molecule has 0 amide bonds. The molecule has 2 aliphatic rings. The van der Waals surface area contributed by atoms with Crippen LogP contribution in [0.5, 0.6) is 0 Å². The average Bonchev–Trinajstić information content (AvgIpc) is 2.32. The topological polar surface area (TPSA) is 49.7 Å². The van der Waals surface area contributed by atoms with Crippen molar-refractivity contribution in [2.24, 2.45) is 0 Å². The lowest BCUT2D eigenvalue weighted by molar-refractivity contribution is -0.283. The summed E-state index contributed by atoms with van der Waals surface area (Å²) in [5.41, 5.74) is 0. The minimum absolute atomic E-state index is 0.0359. The summed E-state index contributed by atoms with van der Waals surface area (Å²) in [5.74, 6) is 0. The van der Waals surface area contributed by atoms with Crippen LogP contribution in [0.2, 0.25) is 0 Å². The number of aliphatic hydroxyl groups is 1. The quantitative estimate of drug-likeness (QED) is 0.523. The Morgan fingerprint density at radius 3 is 1.47 bits per heavy atom. The van der Waals surface area contributed by atoms with Gasteiger partial charge >= 0.3 is 0 Å². The second-order valence-electron chi connectivity index (χ2n) is 4.66. The average molecular weight is 216 g/mol. The summed E-state index contributed by atoms with van der Waals surface area (Å²) >= 11 is 0. The molecule has 0 unspecified atom stereocenters. The highest BCUT2D eigenvalue weighted by molar-refractivity contribution is 4.63. The Morgan fingerprint density at radius 2 is 1.20 bits per heavy atom. The van der Waals surface area contributed by atoms with Crippen LogP contribution in [0, 0.1) is 0 Å². The number of aliphatic hydroxyl groups excluding tert-OH is 1. The molecule has 0 radical (unpaired) electrons. The first-order valence-electron chi connectivity index (χ1n) is 6.31. The van der Waals surface area contributed by atoms with Crippen LogP contribution in [0.3, 0.4) is 0 Å². The zero-order chi connectivity index (χ0) is 10.9. The maximum atomic E-state index is 8.91. The van der Waals surface area contributed by atoms with Gasteiger partial charge in [-0.05, 0) is 25.7 Å². The lowest BCUT2D eigenvalue weighted by Crippen LogP contribution is -2.14. The van der Waals surface area contributed by atoms with Crippen molar-refractivity contribution in [3.8, 4) is 0 Å². The van der Waals surface area contributed by atoms with Crippen LogP contribution in [0.25, 0.3) is 0 Å². The summed E-state index contributed by atoms with van der Waals surface area (Å²) in [4.78, 5) is 4.19. The molecule has 2 N–H and O–H groups in total. The van der Waals surface area contributed by atoms with Crippen molar-refractivity contribution in [2.75, 3.05) is 0 Å². The molecule has 2 aliphatic carbocycles. The van der Waals surface area contributed by atoms with E-state index in [4.69, 9.17) is 10.4 Å². The van der Waals surface area contributed by atoms with Crippen molar-refractivity contribution in [3.63, 3.8) is 0 Å². The number of hydrogen-bond acceptors (Lipinski definition) is 3. The van der Waals surface area contributed by atoms with E-state index in [0.29, 0.717) is 0 Å². The van der Waals surface area contributed by atoms with Gasteiger partial charge in [0.25, 0.3) is 0 Å². The van der Waals surface area contributed by atoms with Crippen molar-refractivity contribution in [1.29, 1.82) is 0 Å². The third-order valence-electron chi connectivity index (χ3n) is 3.28. The van der Waals surface area contributed by atoms with E-state index < -0.39 is 0 Å². The van der Waals surface area contributed by atoms with E-state index in [1.807, 2.05) is 0 Å². The van der Waals surface area contributed by atoms with Gasteiger partial charge in [-0.2, -0.15) is 0 Å². The van der Waals surface area contributed by atoms with Crippen molar-refractivity contribution in [1.82, 2.24) is 0 Å². The molecule has 3 heteroatoms. The first kappa shape index (κ1) is 12.9. The molecule has 3 nitrogen and oxygen atoms in total. The molecule has 15 heavy (non-hydrogen) atoms. The van der Waals surface area contributed by atoms with E-state index in [-0.39, 0.29) is 12.2 Å². The van der Waals surface area contributed by atoms with Gasteiger partial charge in [-0.25, -0.2) is 4.89 Å². The minimum atomic E-state index is 0.0359. The predicted molar refractivity (Wildman–Crippen MR) is 59.7 cm³/mol. The predicted octanol–water partition coefficient (Wildman–Crippen LogP) is 3.12. The SMILES string of the molecule is OC1CCCCC1.OOC1CCCCC1. The summed E-state index contributed by atoms with van der Waals surface area (Å²) < 4.78 is 0. The fourth-order valence-electron chi connectivity index (χ4n) is 2.25. The molecule has 0 aromatic carbocycles. The summed E-state index contributed by atoms with van der Waals surface area (Å²) in [7, 11) is 0. The molecule has 0 aliphatic heterocycles. The summed E-state index contributed by atoms with van der Waals surface area (Å²) in [6, 6.07) is 0. The van der Waals surface area contributed by atoms with Crippen molar-refractivity contribution in [2.45, 2.75) is 76.4 Å². The monoisotopic (exact) mass is 216 g/mol. The third kappa shape index (κ3) is 6.13. The van der Waals surface area contributed by atoms with Crippen LogP contribution in [0.15, 0.2) is 0 Å². The second-order valence-corrected chi connectivity index (χ2v) is 4.66. The first-order valence-corrected chi connectivity index (χ1v) is 6.31. The molecular formula is C12H24O3. The van der Waals surface area contributed by atoms with Crippen molar-refractivity contribution >= 4 is 0 Å². The lowest BCUT2D eigenvalue weighted by atomic mass is 9.98. The maximum absolute atomic E-state index is 8.91. The molecule has 0 heterocycles. The van der Waals surface area contributed by atoms with Gasteiger partial charge in [0.2, 0.25) is 0 Å². The molecule has 0 atom stereocenters. The van der Waals surface area contributed by atoms with Crippen molar-refractivity contribution < 1.29 is 15.3 Å². The first-order chi connectivity index (χ1) is 7.33. The van der Waals surface area contributed by atoms with Crippen LogP contribution in [-0.2, 0) is 4.89 Å². The van der Waals surface area contributed by atoms with Gasteiger partial charge in [0, 0.05) is 0 Å². The molecule has 0 spiro atoms. The van der Waals surface area contributed by atoms with Crippen LogP contribution >= 0.6 is 0 Å². The number of hydrogen-bond donors (Lipinski definition) is 2. The van der Waals surface area contributed by atoms with E-state index >= 15 is 0 Å². The fourth-order valence-corrected chi connectivity index (χ4v) is 2.25. The highest BCUT2D eigenvalue weighted by atomic mass is 17.1. The smallest absolute Gasteiger partial charge is 0.0927 e.